The van der Waals surface area contributed by atoms with E-state index in [9.17, 15) is 0 Å². The first-order chi connectivity index (χ1) is 10.7. The van der Waals surface area contributed by atoms with Gasteiger partial charge in [0.05, 0.1) is 18.4 Å². The predicted octanol–water partition coefficient (Wildman–Crippen LogP) is 2.89. The zero-order chi connectivity index (χ0) is 15.4. The third-order valence-electron chi connectivity index (χ3n) is 3.83. The normalized spacial score (nSPS) is 12.5. The third kappa shape index (κ3) is 3.42. The van der Waals surface area contributed by atoms with Gasteiger partial charge in [-0.2, -0.15) is 5.10 Å². The lowest BCUT2D eigenvalue weighted by Gasteiger charge is -2.09. The molecule has 0 radical (unpaired) electrons. The van der Waals surface area contributed by atoms with Gasteiger partial charge in [-0.1, -0.05) is 42.5 Å². The highest BCUT2D eigenvalue weighted by molar-refractivity contribution is 5.20. The van der Waals surface area contributed by atoms with E-state index in [0.29, 0.717) is 12.5 Å². The number of aromatic nitrogens is 5. The van der Waals surface area contributed by atoms with Crippen molar-refractivity contribution in [3.05, 3.63) is 65.7 Å². The molecule has 0 bridgehead atoms. The fraction of sp³-hybridized carbons (Fsp3) is 0.353. The molecule has 0 N–H and O–H groups in total. The molecule has 0 aliphatic heterocycles. The van der Waals surface area contributed by atoms with Crippen LogP contribution in [0.2, 0.25) is 0 Å². The second kappa shape index (κ2) is 6.56. The fourth-order valence-electron chi connectivity index (χ4n) is 2.57. The number of rotatable bonds is 6. The van der Waals surface area contributed by atoms with E-state index in [1.807, 2.05) is 34.0 Å². The Labute approximate surface area is 130 Å². The molecule has 0 aliphatic rings. The Balaban J connectivity index is 1.63. The molecule has 1 aromatic carbocycles. The summed E-state index contributed by atoms with van der Waals surface area (Å²) >= 11 is 0. The van der Waals surface area contributed by atoms with Crippen molar-refractivity contribution in [1.82, 2.24) is 24.8 Å². The average Bonchev–Trinajstić information content (AvgIpc) is 3.18. The van der Waals surface area contributed by atoms with Crippen LogP contribution >= 0.6 is 0 Å². The average molecular weight is 295 g/mol. The second-order valence-electron chi connectivity index (χ2n) is 5.63. The first kappa shape index (κ1) is 14.5. The van der Waals surface area contributed by atoms with Crippen molar-refractivity contribution in [2.45, 2.75) is 39.3 Å². The summed E-state index contributed by atoms with van der Waals surface area (Å²) in [6, 6.07) is 10.5. The molecule has 0 amide bonds. The van der Waals surface area contributed by atoms with E-state index in [-0.39, 0.29) is 0 Å². The van der Waals surface area contributed by atoms with Gasteiger partial charge in [-0.3, -0.25) is 4.68 Å². The van der Waals surface area contributed by atoms with E-state index < -0.39 is 0 Å². The molecule has 22 heavy (non-hydrogen) atoms. The zero-order valence-electron chi connectivity index (χ0n) is 13.1. The van der Waals surface area contributed by atoms with E-state index in [2.05, 4.69) is 53.5 Å². The molecule has 1 atom stereocenters. The van der Waals surface area contributed by atoms with Crippen LogP contribution in [0.15, 0.2) is 48.9 Å². The van der Waals surface area contributed by atoms with Crippen molar-refractivity contribution >= 4 is 0 Å². The molecule has 5 heteroatoms. The summed E-state index contributed by atoms with van der Waals surface area (Å²) in [5.74, 6) is 0.439. The molecule has 3 rings (SSSR count). The standard InChI is InChI=1S/C17H21N5/c1-3-21-11-15(10-18-21)12-22-13-17(19-20-22)9-14(2)16-7-5-4-6-8-16/h4-8,10-11,13-14H,3,9,12H2,1-2H3. The van der Waals surface area contributed by atoms with Crippen molar-refractivity contribution in [3.8, 4) is 0 Å². The lowest BCUT2D eigenvalue weighted by Crippen LogP contribution is -2.00. The number of nitrogens with zero attached hydrogens (tertiary/aromatic N) is 5. The molecule has 2 aromatic heterocycles. The van der Waals surface area contributed by atoms with Crippen LogP contribution in [0.1, 0.15) is 36.6 Å². The van der Waals surface area contributed by atoms with Gasteiger partial charge < -0.3 is 0 Å². The SMILES string of the molecule is CCn1cc(Cn2cc(CC(C)c3ccccc3)nn2)cn1. The summed E-state index contributed by atoms with van der Waals surface area (Å²) < 4.78 is 3.80. The van der Waals surface area contributed by atoms with Crippen LogP contribution in [0.3, 0.4) is 0 Å². The number of benzene rings is 1. The van der Waals surface area contributed by atoms with Crippen LogP contribution in [0, 0.1) is 0 Å². The lowest BCUT2D eigenvalue weighted by molar-refractivity contribution is 0.641. The molecule has 0 spiro atoms. The molecule has 0 saturated carbocycles. The summed E-state index contributed by atoms with van der Waals surface area (Å²) in [5.41, 5.74) is 3.51. The van der Waals surface area contributed by atoms with Crippen molar-refractivity contribution < 1.29 is 0 Å². The quantitative estimate of drug-likeness (QED) is 0.702. The minimum absolute atomic E-state index is 0.439. The Morgan fingerprint density at radius 2 is 1.91 bits per heavy atom. The summed E-state index contributed by atoms with van der Waals surface area (Å²) in [4.78, 5) is 0. The first-order valence-corrected chi connectivity index (χ1v) is 7.70. The Morgan fingerprint density at radius 1 is 1.09 bits per heavy atom. The van der Waals surface area contributed by atoms with Crippen LogP contribution in [-0.2, 0) is 19.5 Å². The van der Waals surface area contributed by atoms with Gasteiger partial charge in [0, 0.05) is 24.5 Å². The monoisotopic (exact) mass is 295 g/mol. The Kier molecular flexibility index (Phi) is 4.32. The third-order valence-corrected chi connectivity index (χ3v) is 3.83. The van der Waals surface area contributed by atoms with E-state index in [1.165, 1.54) is 5.56 Å². The molecule has 0 saturated heterocycles. The van der Waals surface area contributed by atoms with Gasteiger partial charge in [0.15, 0.2) is 0 Å². The topological polar surface area (TPSA) is 48.5 Å². The maximum atomic E-state index is 4.29. The minimum Gasteiger partial charge on any atom is -0.273 e. The van der Waals surface area contributed by atoms with Crippen molar-refractivity contribution in [2.75, 3.05) is 0 Å². The maximum Gasteiger partial charge on any atom is 0.0833 e. The molecular weight excluding hydrogens is 274 g/mol. The fourth-order valence-corrected chi connectivity index (χ4v) is 2.57. The zero-order valence-corrected chi connectivity index (χ0v) is 13.1. The second-order valence-corrected chi connectivity index (χ2v) is 5.63. The molecule has 0 aliphatic carbocycles. The van der Waals surface area contributed by atoms with Gasteiger partial charge >= 0.3 is 0 Å². The van der Waals surface area contributed by atoms with Crippen LogP contribution in [0.5, 0.6) is 0 Å². The highest BCUT2D eigenvalue weighted by Crippen LogP contribution is 2.18. The van der Waals surface area contributed by atoms with Gasteiger partial charge in [0.1, 0.15) is 0 Å². The predicted molar refractivity (Wildman–Crippen MR) is 85.6 cm³/mol. The van der Waals surface area contributed by atoms with Crippen LogP contribution in [-0.4, -0.2) is 24.8 Å². The molecule has 5 nitrogen and oxygen atoms in total. The molecular formula is C17H21N5. The van der Waals surface area contributed by atoms with Crippen LogP contribution < -0.4 is 0 Å². The molecule has 1 unspecified atom stereocenters. The Bertz CT molecular complexity index is 713. The van der Waals surface area contributed by atoms with Gasteiger partial charge in [0.2, 0.25) is 0 Å². The lowest BCUT2D eigenvalue weighted by atomic mass is 9.97. The van der Waals surface area contributed by atoms with E-state index >= 15 is 0 Å². The van der Waals surface area contributed by atoms with E-state index in [1.54, 1.807) is 0 Å². The van der Waals surface area contributed by atoms with E-state index in [0.717, 1.165) is 24.2 Å². The summed E-state index contributed by atoms with van der Waals surface area (Å²) in [6.45, 7) is 5.90. The number of hydrogen-bond donors (Lipinski definition) is 0. The molecule has 0 fully saturated rings. The number of hydrogen-bond acceptors (Lipinski definition) is 3. The van der Waals surface area contributed by atoms with Gasteiger partial charge in [-0.15, -0.1) is 5.10 Å². The van der Waals surface area contributed by atoms with Gasteiger partial charge in [-0.05, 0) is 24.8 Å². The Hall–Kier alpha value is -2.43. The number of aryl methyl sites for hydroxylation is 1. The summed E-state index contributed by atoms with van der Waals surface area (Å²) in [6.07, 6.45) is 6.87. The van der Waals surface area contributed by atoms with Crippen LogP contribution in [0.4, 0.5) is 0 Å². The summed E-state index contributed by atoms with van der Waals surface area (Å²) in [7, 11) is 0. The molecule has 3 aromatic rings. The smallest absolute Gasteiger partial charge is 0.0833 e. The first-order valence-electron chi connectivity index (χ1n) is 7.70. The van der Waals surface area contributed by atoms with Gasteiger partial charge in [-0.25, -0.2) is 4.68 Å². The van der Waals surface area contributed by atoms with Crippen molar-refractivity contribution in [3.63, 3.8) is 0 Å². The Morgan fingerprint density at radius 3 is 2.64 bits per heavy atom. The van der Waals surface area contributed by atoms with E-state index in [4.69, 9.17) is 0 Å². The molecule has 114 valence electrons. The van der Waals surface area contributed by atoms with Crippen molar-refractivity contribution in [2.24, 2.45) is 0 Å². The summed E-state index contributed by atoms with van der Waals surface area (Å²) in [5, 5.41) is 12.8. The largest absolute Gasteiger partial charge is 0.273 e. The highest BCUT2D eigenvalue weighted by atomic mass is 15.4. The highest BCUT2D eigenvalue weighted by Gasteiger charge is 2.10. The van der Waals surface area contributed by atoms with Gasteiger partial charge in [0.25, 0.3) is 0 Å². The van der Waals surface area contributed by atoms with Crippen molar-refractivity contribution in [1.29, 1.82) is 0 Å². The minimum atomic E-state index is 0.439. The molecule has 2 heterocycles. The van der Waals surface area contributed by atoms with Crippen LogP contribution in [0.25, 0.3) is 0 Å². The maximum absolute atomic E-state index is 4.29.